The summed E-state index contributed by atoms with van der Waals surface area (Å²) in [6.45, 7) is 8.36. The van der Waals surface area contributed by atoms with E-state index in [4.69, 9.17) is 9.84 Å². The molecule has 2 atom stereocenters. The Labute approximate surface area is 109 Å². The molecule has 0 aliphatic carbocycles. The van der Waals surface area contributed by atoms with E-state index in [-0.39, 0.29) is 6.61 Å². The normalized spacial score (nSPS) is 14.4. The SMILES string of the molecule is CCC(C)C(C)Nc1cnn(CCOCCO)c1. The van der Waals surface area contributed by atoms with Crippen LogP contribution in [0.15, 0.2) is 12.4 Å². The number of ether oxygens (including phenoxy) is 1. The summed E-state index contributed by atoms with van der Waals surface area (Å²) >= 11 is 0. The van der Waals surface area contributed by atoms with Crippen LogP contribution in [0.2, 0.25) is 0 Å². The monoisotopic (exact) mass is 255 g/mol. The van der Waals surface area contributed by atoms with Crippen molar-refractivity contribution in [1.29, 1.82) is 0 Å². The first-order valence-corrected chi connectivity index (χ1v) is 6.65. The molecule has 104 valence electrons. The lowest BCUT2D eigenvalue weighted by molar-refractivity contribution is 0.0854. The number of hydrogen-bond donors (Lipinski definition) is 2. The molecule has 0 saturated heterocycles. The van der Waals surface area contributed by atoms with Crippen LogP contribution in [-0.2, 0) is 11.3 Å². The summed E-state index contributed by atoms with van der Waals surface area (Å²) in [6.07, 6.45) is 4.99. The van der Waals surface area contributed by atoms with E-state index in [1.165, 1.54) is 0 Å². The van der Waals surface area contributed by atoms with Gasteiger partial charge in [-0.1, -0.05) is 20.3 Å². The van der Waals surface area contributed by atoms with E-state index in [1.807, 2.05) is 17.1 Å². The van der Waals surface area contributed by atoms with Crippen LogP contribution in [0.1, 0.15) is 27.2 Å². The molecule has 18 heavy (non-hydrogen) atoms. The number of anilines is 1. The smallest absolute Gasteiger partial charge is 0.0728 e. The number of nitrogens with one attached hydrogen (secondary N) is 1. The van der Waals surface area contributed by atoms with Crippen LogP contribution < -0.4 is 5.32 Å². The van der Waals surface area contributed by atoms with Crippen molar-refractivity contribution in [3.63, 3.8) is 0 Å². The topological polar surface area (TPSA) is 59.3 Å². The maximum Gasteiger partial charge on any atom is 0.0728 e. The van der Waals surface area contributed by atoms with Crippen molar-refractivity contribution in [3.05, 3.63) is 12.4 Å². The zero-order valence-corrected chi connectivity index (χ0v) is 11.6. The number of aliphatic hydroxyl groups excluding tert-OH is 1. The molecule has 0 spiro atoms. The van der Waals surface area contributed by atoms with Crippen LogP contribution in [0.25, 0.3) is 0 Å². The second-order valence-electron chi connectivity index (χ2n) is 4.65. The molecule has 2 N–H and O–H groups in total. The van der Waals surface area contributed by atoms with Crippen LogP contribution >= 0.6 is 0 Å². The van der Waals surface area contributed by atoms with E-state index in [0.717, 1.165) is 12.1 Å². The summed E-state index contributed by atoms with van der Waals surface area (Å²) in [5, 5.41) is 16.3. The Hall–Kier alpha value is -1.07. The van der Waals surface area contributed by atoms with Crippen LogP contribution in [0, 0.1) is 5.92 Å². The highest BCUT2D eigenvalue weighted by atomic mass is 16.5. The molecule has 0 radical (unpaired) electrons. The predicted octanol–water partition coefficient (Wildman–Crippen LogP) is 1.74. The first kappa shape index (κ1) is 15.0. The Morgan fingerprint density at radius 1 is 1.44 bits per heavy atom. The minimum absolute atomic E-state index is 0.0678. The summed E-state index contributed by atoms with van der Waals surface area (Å²) in [7, 11) is 0. The van der Waals surface area contributed by atoms with Crippen LogP contribution in [0.4, 0.5) is 5.69 Å². The van der Waals surface area contributed by atoms with Gasteiger partial charge in [0.2, 0.25) is 0 Å². The second-order valence-corrected chi connectivity index (χ2v) is 4.65. The fourth-order valence-electron chi connectivity index (χ4n) is 1.64. The van der Waals surface area contributed by atoms with Crippen LogP contribution in [0.3, 0.4) is 0 Å². The quantitative estimate of drug-likeness (QED) is 0.660. The molecule has 2 unspecified atom stereocenters. The van der Waals surface area contributed by atoms with Crippen molar-refractivity contribution >= 4 is 5.69 Å². The zero-order valence-electron chi connectivity index (χ0n) is 11.6. The molecule has 5 heteroatoms. The van der Waals surface area contributed by atoms with Gasteiger partial charge in [0.15, 0.2) is 0 Å². The summed E-state index contributed by atoms with van der Waals surface area (Å²) in [6, 6.07) is 0.443. The molecule has 1 aromatic heterocycles. The van der Waals surface area contributed by atoms with Crippen molar-refractivity contribution in [2.45, 2.75) is 39.8 Å². The Morgan fingerprint density at radius 2 is 2.22 bits per heavy atom. The van der Waals surface area contributed by atoms with Gasteiger partial charge in [-0.05, 0) is 12.8 Å². The van der Waals surface area contributed by atoms with Gasteiger partial charge in [0.1, 0.15) is 0 Å². The molecule has 0 aliphatic rings. The summed E-state index contributed by atoms with van der Waals surface area (Å²) in [4.78, 5) is 0. The Kier molecular flexibility index (Phi) is 6.75. The van der Waals surface area contributed by atoms with Crippen LogP contribution in [-0.4, -0.2) is 40.7 Å². The van der Waals surface area contributed by atoms with E-state index < -0.39 is 0 Å². The second kappa shape index (κ2) is 8.11. The molecule has 0 amide bonds. The number of nitrogens with zero attached hydrogens (tertiary/aromatic N) is 2. The van der Waals surface area contributed by atoms with E-state index in [9.17, 15) is 0 Å². The fourth-order valence-corrected chi connectivity index (χ4v) is 1.64. The lowest BCUT2D eigenvalue weighted by Crippen LogP contribution is -2.22. The van der Waals surface area contributed by atoms with Gasteiger partial charge < -0.3 is 15.2 Å². The minimum Gasteiger partial charge on any atom is -0.394 e. The lowest BCUT2D eigenvalue weighted by Gasteiger charge is -2.19. The summed E-state index contributed by atoms with van der Waals surface area (Å²) in [5.41, 5.74) is 1.05. The maximum atomic E-state index is 8.58. The van der Waals surface area contributed by atoms with E-state index in [2.05, 4.69) is 31.2 Å². The third-order valence-electron chi connectivity index (χ3n) is 3.23. The van der Waals surface area contributed by atoms with Gasteiger partial charge in [-0.2, -0.15) is 5.10 Å². The first-order chi connectivity index (χ1) is 8.67. The Morgan fingerprint density at radius 3 is 2.89 bits per heavy atom. The molecular weight excluding hydrogens is 230 g/mol. The van der Waals surface area contributed by atoms with E-state index >= 15 is 0 Å². The van der Waals surface area contributed by atoms with Gasteiger partial charge in [-0.25, -0.2) is 0 Å². The fraction of sp³-hybridized carbons (Fsp3) is 0.769. The molecule has 0 aliphatic heterocycles. The van der Waals surface area contributed by atoms with Crippen LogP contribution in [0.5, 0.6) is 0 Å². The average molecular weight is 255 g/mol. The van der Waals surface area contributed by atoms with Crippen molar-refractivity contribution in [2.75, 3.05) is 25.1 Å². The predicted molar refractivity (Wildman–Crippen MR) is 72.7 cm³/mol. The van der Waals surface area contributed by atoms with Crippen molar-refractivity contribution in [2.24, 2.45) is 5.92 Å². The highest BCUT2D eigenvalue weighted by Gasteiger charge is 2.10. The molecule has 0 aromatic carbocycles. The number of rotatable bonds is 9. The van der Waals surface area contributed by atoms with Gasteiger partial charge in [-0.15, -0.1) is 0 Å². The third kappa shape index (κ3) is 5.06. The largest absolute Gasteiger partial charge is 0.394 e. The molecule has 0 bridgehead atoms. The molecule has 0 fully saturated rings. The molecule has 1 rings (SSSR count). The van der Waals surface area contributed by atoms with Gasteiger partial charge in [-0.3, -0.25) is 4.68 Å². The van der Waals surface area contributed by atoms with E-state index in [0.29, 0.717) is 31.7 Å². The Balaban J connectivity index is 2.34. The highest BCUT2D eigenvalue weighted by Crippen LogP contribution is 2.14. The summed E-state index contributed by atoms with van der Waals surface area (Å²) in [5.74, 6) is 0.640. The van der Waals surface area contributed by atoms with E-state index in [1.54, 1.807) is 0 Å². The molecule has 1 heterocycles. The third-order valence-corrected chi connectivity index (χ3v) is 3.23. The van der Waals surface area contributed by atoms with Gasteiger partial charge in [0, 0.05) is 12.2 Å². The zero-order chi connectivity index (χ0) is 13.4. The maximum absolute atomic E-state index is 8.58. The molecule has 0 saturated carbocycles. The van der Waals surface area contributed by atoms with Crippen molar-refractivity contribution in [3.8, 4) is 0 Å². The lowest BCUT2D eigenvalue weighted by atomic mass is 10.0. The average Bonchev–Trinajstić information content (AvgIpc) is 2.81. The van der Waals surface area contributed by atoms with Gasteiger partial charge in [0.05, 0.1) is 38.2 Å². The standard InChI is InChI=1S/C13H25N3O2/c1-4-11(2)12(3)15-13-9-14-16(10-13)5-7-18-8-6-17/h9-12,15,17H,4-8H2,1-3H3. The Bertz CT molecular complexity index is 328. The summed E-state index contributed by atoms with van der Waals surface area (Å²) < 4.78 is 7.05. The molecular formula is C13H25N3O2. The van der Waals surface area contributed by atoms with Crippen molar-refractivity contribution < 1.29 is 9.84 Å². The minimum atomic E-state index is 0.0678. The molecule has 1 aromatic rings. The van der Waals surface area contributed by atoms with Gasteiger partial charge >= 0.3 is 0 Å². The van der Waals surface area contributed by atoms with Crippen molar-refractivity contribution in [1.82, 2.24) is 9.78 Å². The number of hydrogen-bond acceptors (Lipinski definition) is 4. The highest BCUT2D eigenvalue weighted by molar-refractivity contribution is 5.39. The van der Waals surface area contributed by atoms with Gasteiger partial charge in [0.25, 0.3) is 0 Å². The number of aliphatic hydroxyl groups is 1. The molecule has 5 nitrogen and oxygen atoms in total. The first-order valence-electron chi connectivity index (χ1n) is 6.65. The number of aromatic nitrogens is 2.